The summed E-state index contributed by atoms with van der Waals surface area (Å²) in [6.07, 6.45) is 0. The van der Waals surface area contributed by atoms with Crippen LogP contribution in [0.3, 0.4) is 0 Å². The lowest BCUT2D eigenvalue weighted by atomic mass is 10.2. The molecule has 0 fully saturated rings. The number of halogens is 1. The second-order valence-electron chi connectivity index (χ2n) is 3.51. The molecular weight excluding hydrogens is 302 g/mol. The monoisotopic (exact) mass is 315 g/mol. The van der Waals surface area contributed by atoms with Gasteiger partial charge in [0.25, 0.3) is 5.91 Å². The van der Waals surface area contributed by atoms with Gasteiger partial charge in [-0.3, -0.25) is 4.79 Å². The molecule has 0 aromatic heterocycles. The van der Waals surface area contributed by atoms with Crippen molar-refractivity contribution in [3.8, 4) is 0 Å². The molecule has 0 aliphatic heterocycles. The Morgan fingerprint density at radius 3 is 2.67 bits per heavy atom. The van der Waals surface area contributed by atoms with Crippen molar-refractivity contribution >= 4 is 27.8 Å². The van der Waals surface area contributed by atoms with Gasteiger partial charge in [0.05, 0.1) is 13.7 Å². The molecule has 0 heterocycles. The molecule has 18 heavy (non-hydrogen) atoms. The topological polar surface area (TPSA) is 64.6 Å². The average molecular weight is 316 g/mol. The Labute approximate surface area is 114 Å². The molecule has 0 spiro atoms. The fourth-order valence-electron chi connectivity index (χ4n) is 1.35. The molecule has 5 nitrogen and oxygen atoms in total. The molecule has 0 aliphatic carbocycles. The van der Waals surface area contributed by atoms with E-state index in [0.29, 0.717) is 5.56 Å². The summed E-state index contributed by atoms with van der Waals surface area (Å²) in [5.74, 6) is -0.899. The average Bonchev–Trinajstić information content (AvgIpc) is 2.37. The number of esters is 1. The van der Waals surface area contributed by atoms with Crippen molar-refractivity contribution < 1.29 is 19.1 Å². The molecule has 1 rings (SSSR count). The van der Waals surface area contributed by atoms with E-state index < -0.39 is 12.0 Å². The molecule has 1 unspecified atom stereocenters. The lowest BCUT2D eigenvalue weighted by Gasteiger charge is -2.15. The second kappa shape index (κ2) is 7.13. The highest BCUT2D eigenvalue weighted by Gasteiger charge is 2.21. The zero-order valence-corrected chi connectivity index (χ0v) is 11.7. The molecular formula is C12H14BrNO4. The van der Waals surface area contributed by atoms with Gasteiger partial charge in [-0.1, -0.05) is 22.0 Å². The first-order valence-corrected chi connectivity index (χ1v) is 6.01. The molecule has 0 saturated carbocycles. The summed E-state index contributed by atoms with van der Waals surface area (Å²) in [7, 11) is 2.71. The predicted molar refractivity (Wildman–Crippen MR) is 69.3 cm³/mol. The van der Waals surface area contributed by atoms with Gasteiger partial charge in [-0.15, -0.1) is 0 Å². The van der Waals surface area contributed by atoms with Crippen LogP contribution in [0.15, 0.2) is 28.7 Å². The van der Waals surface area contributed by atoms with Gasteiger partial charge in [-0.25, -0.2) is 4.79 Å². The number of amides is 1. The molecule has 98 valence electrons. The van der Waals surface area contributed by atoms with Crippen LogP contribution in [0, 0.1) is 0 Å². The van der Waals surface area contributed by atoms with E-state index in [9.17, 15) is 9.59 Å². The van der Waals surface area contributed by atoms with Gasteiger partial charge in [-0.05, 0) is 18.2 Å². The molecule has 1 aromatic carbocycles. The Morgan fingerprint density at radius 1 is 1.39 bits per heavy atom. The predicted octanol–water partition coefficient (Wildman–Crippen LogP) is 1.37. The fourth-order valence-corrected chi connectivity index (χ4v) is 1.75. The number of benzene rings is 1. The number of ether oxygens (including phenoxy) is 2. The van der Waals surface area contributed by atoms with E-state index in [4.69, 9.17) is 4.74 Å². The normalized spacial score (nSPS) is 11.7. The zero-order chi connectivity index (χ0) is 13.5. The van der Waals surface area contributed by atoms with Crippen LogP contribution in [0.2, 0.25) is 0 Å². The third kappa shape index (κ3) is 4.12. The van der Waals surface area contributed by atoms with Gasteiger partial charge < -0.3 is 14.8 Å². The van der Waals surface area contributed by atoms with Crippen molar-refractivity contribution in [2.75, 3.05) is 20.8 Å². The van der Waals surface area contributed by atoms with E-state index >= 15 is 0 Å². The van der Waals surface area contributed by atoms with E-state index in [1.165, 1.54) is 14.2 Å². The maximum absolute atomic E-state index is 11.9. The fraction of sp³-hybridized carbons (Fsp3) is 0.333. The summed E-state index contributed by atoms with van der Waals surface area (Å²) in [5, 5.41) is 2.55. The first kappa shape index (κ1) is 14.7. The van der Waals surface area contributed by atoms with Crippen molar-refractivity contribution in [3.05, 3.63) is 34.3 Å². The Balaban J connectivity index is 2.75. The van der Waals surface area contributed by atoms with E-state index in [1.807, 2.05) is 6.07 Å². The number of rotatable bonds is 5. The van der Waals surface area contributed by atoms with Gasteiger partial charge in [0.2, 0.25) is 0 Å². The second-order valence-corrected chi connectivity index (χ2v) is 4.43. The first-order chi connectivity index (χ1) is 8.58. The molecule has 1 N–H and O–H groups in total. The van der Waals surface area contributed by atoms with Crippen LogP contribution < -0.4 is 5.32 Å². The lowest BCUT2D eigenvalue weighted by molar-refractivity contribution is -0.144. The summed E-state index contributed by atoms with van der Waals surface area (Å²) < 4.78 is 10.2. The number of hydrogen-bond acceptors (Lipinski definition) is 4. The number of carbonyl (C=O) groups is 2. The van der Waals surface area contributed by atoms with Crippen LogP contribution in [0.5, 0.6) is 0 Å². The van der Waals surface area contributed by atoms with Gasteiger partial charge in [0.1, 0.15) is 0 Å². The number of methoxy groups -OCH3 is 2. The molecule has 0 radical (unpaired) electrons. The minimum absolute atomic E-state index is 0.0619. The Bertz CT molecular complexity index is 436. The molecule has 0 bridgehead atoms. The highest BCUT2D eigenvalue weighted by atomic mass is 79.9. The molecule has 1 amide bonds. The minimum atomic E-state index is -0.813. The SMILES string of the molecule is COCC(NC(=O)c1cccc(Br)c1)C(=O)OC. The van der Waals surface area contributed by atoms with E-state index in [-0.39, 0.29) is 12.5 Å². The summed E-state index contributed by atoms with van der Waals surface area (Å²) in [4.78, 5) is 23.3. The molecule has 1 aromatic rings. The van der Waals surface area contributed by atoms with Gasteiger partial charge in [0.15, 0.2) is 6.04 Å². The quantitative estimate of drug-likeness (QED) is 0.833. The smallest absolute Gasteiger partial charge is 0.330 e. The molecule has 6 heteroatoms. The highest BCUT2D eigenvalue weighted by Crippen LogP contribution is 2.11. The highest BCUT2D eigenvalue weighted by molar-refractivity contribution is 9.10. The summed E-state index contributed by atoms with van der Waals surface area (Å²) in [6.45, 7) is 0.0619. The third-order valence-electron chi connectivity index (χ3n) is 2.21. The first-order valence-electron chi connectivity index (χ1n) is 5.21. The van der Waals surface area contributed by atoms with Gasteiger partial charge in [-0.2, -0.15) is 0 Å². The molecule has 0 saturated heterocycles. The Morgan fingerprint density at radius 2 is 2.11 bits per heavy atom. The van der Waals surface area contributed by atoms with Crippen molar-refractivity contribution in [2.45, 2.75) is 6.04 Å². The van der Waals surface area contributed by atoms with Gasteiger partial charge >= 0.3 is 5.97 Å². The van der Waals surface area contributed by atoms with Crippen molar-refractivity contribution in [2.24, 2.45) is 0 Å². The largest absolute Gasteiger partial charge is 0.467 e. The van der Waals surface area contributed by atoms with E-state index in [0.717, 1.165) is 4.47 Å². The van der Waals surface area contributed by atoms with Crippen molar-refractivity contribution in [1.29, 1.82) is 0 Å². The summed E-state index contributed by atoms with van der Waals surface area (Å²) in [5.41, 5.74) is 0.453. The lowest BCUT2D eigenvalue weighted by Crippen LogP contribution is -2.44. The zero-order valence-electron chi connectivity index (χ0n) is 10.1. The Kier molecular flexibility index (Phi) is 5.80. The van der Waals surface area contributed by atoms with Crippen LogP contribution in [0.1, 0.15) is 10.4 Å². The number of carbonyl (C=O) groups excluding carboxylic acids is 2. The van der Waals surface area contributed by atoms with Crippen LogP contribution in [-0.4, -0.2) is 38.7 Å². The molecule has 0 aliphatic rings. The van der Waals surface area contributed by atoms with E-state index in [2.05, 4.69) is 26.0 Å². The van der Waals surface area contributed by atoms with Gasteiger partial charge in [0, 0.05) is 17.1 Å². The number of hydrogen-bond donors (Lipinski definition) is 1. The third-order valence-corrected chi connectivity index (χ3v) is 2.70. The van der Waals surface area contributed by atoms with Crippen LogP contribution in [-0.2, 0) is 14.3 Å². The Hall–Kier alpha value is -1.40. The molecule has 1 atom stereocenters. The van der Waals surface area contributed by atoms with Crippen LogP contribution >= 0.6 is 15.9 Å². The minimum Gasteiger partial charge on any atom is -0.467 e. The maximum atomic E-state index is 11.9. The van der Waals surface area contributed by atoms with Crippen LogP contribution in [0.4, 0.5) is 0 Å². The van der Waals surface area contributed by atoms with Crippen molar-refractivity contribution in [1.82, 2.24) is 5.32 Å². The van der Waals surface area contributed by atoms with Crippen LogP contribution in [0.25, 0.3) is 0 Å². The number of nitrogens with one attached hydrogen (secondary N) is 1. The summed E-state index contributed by atoms with van der Waals surface area (Å²) >= 11 is 3.27. The van der Waals surface area contributed by atoms with E-state index in [1.54, 1.807) is 18.2 Å². The summed E-state index contributed by atoms with van der Waals surface area (Å²) in [6, 6.07) is 6.05. The standard InChI is InChI=1S/C12H14BrNO4/c1-17-7-10(12(16)18-2)14-11(15)8-4-3-5-9(13)6-8/h3-6,10H,7H2,1-2H3,(H,14,15). The van der Waals surface area contributed by atoms with Crippen molar-refractivity contribution in [3.63, 3.8) is 0 Å². The maximum Gasteiger partial charge on any atom is 0.330 e.